The molecule has 0 bridgehead atoms. The predicted molar refractivity (Wildman–Crippen MR) is 222 cm³/mol. The number of pyridine rings is 1. The van der Waals surface area contributed by atoms with Crippen LogP contribution in [-0.2, 0) is 27.7 Å². The van der Waals surface area contributed by atoms with Crippen molar-refractivity contribution in [2.75, 3.05) is 49.6 Å². The third-order valence-electron chi connectivity index (χ3n) is 11.9. The highest BCUT2D eigenvalue weighted by atomic mass is 32.2. The highest BCUT2D eigenvalue weighted by Gasteiger charge is 2.35. The third kappa shape index (κ3) is 8.66. The van der Waals surface area contributed by atoms with Gasteiger partial charge in [-0.2, -0.15) is 0 Å². The fraction of sp³-hybridized carbons (Fsp3) is 0.395. The highest BCUT2D eigenvalue weighted by Crippen LogP contribution is 2.36. The molecule has 5 heterocycles. The Bertz CT molecular complexity index is 2420. The Morgan fingerprint density at radius 2 is 1.78 bits per heavy atom. The molecule has 2 saturated heterocycles. The van der Waals surface area contributed by atoms with Crippen molar-refractivity contribution in [3.8, 4) is 11.5 Å². The largest absolute Gasteiger partial charge is 0.455 e. The molecule has 15 heteroatoms. The molecule has 304 valence electrons. The Labute approximate surface area is 338 Å². The van der Waals surface area contributed by atoms with Gasteiger partial charge in [0.1, 0.15) is 22.8 Å². The van der Waals surface area contributed by atoms with Crippen molar-refractivity contribution >= 4 is 44.0 Å². The number of H-pyrrole nitrogens is 1. The van der Waals surface area contributed by atoms with Crippen molar-refractivity contribution in [3.05, 3.63) is 112 Å². The Morgan fingerprint density at radius 3 is 2.55 bits per heavy atom. The average molecular weight is 808 g/mol. The number of nitrogens with one attached hydrogen (secondary N) is 3. The summed E-state index contributed by atoms with van der Waals surface area (Å²) in [4.78, 5) is 37.2. The van der Waals surface area contributed by atoms with Gasteiger partial charge in [0.05, 0.1) is 21.6 Å². The summed E-state index contributed by atoms with van der Waals surface area (Å²) in [5, 5.41) is 16.0. The number of rotatable bonds is 12. The molecule has 3 aliphatic heterocycles. The lowest BCUT2D eigenvalue weighted by atomic mass is 9.84. The second-order valence-electron chi connectivity index (χ2n) is 16.2. The summed E-state index contributed by atoms with van der Waals surface area (Å²) in [5.41, 5.74) is 4.20. The van der Waals surface area contributed by atoms with Crippen LogP contribution >= 0.6 is 0 Å². The number of nitro groups is 1. The first kappa shape index (κ1) is 39.3. The summed E-state index contributed by atoms with van der Waals surface area (Å²) in [7, 11) is -4.54. The Kier molecular flexibility index (Phi) is 11.1. The predicted octanol–water partition coefficient (Wildman–Crippen LogP) is 7.27. The maximum absolute atomic E-state index is 13.9. The number of fused-ring (bicyclic) bond motifs is 2. The van der Waals surface area contributed by atoms with Gasteiger partial charge in [-0.25, -0.2) is 18.1 Å². The molecule has 3 N–H and O–H groups in total. The van der Waals surface area contributed by atoms with Crippen molar-refractivity contribution in [2.45, 2.75) is 62.9 Å². The van der Waals surface area contributed by atoms with E-state index in [0.29, 0.717) is 37.1 Å². The lowest BCUT2D eigenvalue weighted by molar-refractivity contribution is -0.384. The van der Waals surface area contributed by atoms with E-state index >= 15 is 0 Å². The minimum absolute atomic E-state index is 0.0202. The fourth-order valence-corrected chi connectivity index (χ4v) is 9.37. The zero-order chi connectivity index (χ0) is 40.4. The average Bonchev–Trinajstić information content (AvgIpc) is 3.69. The van der Waals surface area contributed by atoms with Gasteiger partial charge in [0.2, 0.25) is 0 Å². The molecule has 2 aromatic heterocycles. The zero-order valence-corrected chi connectivity index (χ0v) is 33.6. The number of carbonyl (C=O) groups is 1. The van der Waals surface area contributed by atoms with Gasteiger partial charge in [-0.05, 0) is 105 Å². The number of nitrogens with zero attached hydrogens (tertiary/aromatic N) is 4. The number of aromatic nitrogens is 2. The molecule has 0 unspecified atom stereocenters. The van der Waals surface area contributed by atoms with Crippen LogP contribution in [0.25, 0.3) is 11.0 Å². The van der Waals surface area contributed by atoms with Crippen molar-refractivity contribution in [1.29, 1.82) is 0 Å². The number of aromatic amines is 1. The molecule has 0 saturated carbocycles. The molecular weight excluding hydrogens is 759 g/mol. The Balaban J connectivity index is 0.992. The van der Waals surface area contributed by atoms with E-state index in [1.54, 1.807) is 30.5 Å². The minimum atomic E-state index is -4.54. The summed E-state index contributed by atoms with van der Waals surface area (Å²) in [6.07, 6.45) is 7.97. The molecular formula is C43H49N7O7S. The summed E-state index contributed by atoms with van der Waals surface area (Å²) in [6, 6.07) is 21.1. The first-order valence-electron chi connectivity index (χ1n) is 19.9. The number of hydrogen-bond acceptors (Lipinski definition) is 11. The van der Waals surface area contributed by atoms with E-state index in [9.17, 15) is 23.3 Å². The van der Waals surface area contributed by atoms with Crippen LogP contribution in [0.3, 0.4) is 0 Å². The first-order chi connectivity index (χ1) is 27.9. The van der Waals surface area contributed by atoms with Gasteiger partial charge in [-0.3, -0.25) is 19.8 Å². The van der Waals surface area contributed by atoms with E-state index in [0.717, 1.165) is 75.4 Å². The van der Waals surface area contributed by atoms with Crippen LogP contribution in [0.15, 0.2) is 90.1 Å². The molecule has 58 heavy (non-hydrogen) atoms. The van der Waals surface area contributed by atoms with Gasteiger partial charge in [0.15, 0.2) is 0 Å². The zero-order valence-electron chi connectivity index (χ0n) is 32.8. The van der Waals surface area contributed by atoms with Gasteiger partial charge >= 0.3 is 0 Å². The molecule has 14 nitrogen and oxygen atoms in total. The van der Waals surface area contributed by atoms with Gasteiger partial charge < -0.3 is 24.7 Å². The van der Waals surface area contributed by atoms with Crippen molar-refractivity contribution < 1.29 is 27.6 Å². The molecule has 2 fully saturated rings. The van der Waals surface area contributed by atoms with E-state index < -0.39 is 31.4 Å². The molecule has 1 amide bonds. The van der Waals surface area contributed by atoms with E-state index in [4.69, 9.17) is 9.47 Å². The number of anilines is 2. The fourth-order valence-electron chi connectivity index (χ4n) is 8.38. The summed E-state index contributed by atoms with van der Waals surface area (Å²) < 4.78 is 41.1. The summed E-state index contributed by atoms with van der Waals surface area (Å²) in [5.74, 6) is 0.383. The molecule has 3 aromatic carbocycles. The van der Waals surface area contributed by atoms with E-state index in [-0.39, 0.29) is 28.5 Å². The number of amides is 1. The molecule has 8 rings (SSSR count). The number of benzene rings is 3. The van der Waals surface area contributed by atoms with Crippen LogP contribution in [0, 0.1) is 22.0 Å². The maximum Gasteiger partial charge on any atom is 0.293 e. The molecule has 0 spiro atoms. The molecule has 0 atom stereocenters. The number of piperidine rings is 1. The summed E-state index contributed by atoms with van der Waals surface area (Å²) in [6.45, 7) is 10.0. The molecule has 0 radical (unpaired) electrons. The summed E-state index contributed by atoms with van der Waals surface area (Å²) >= 11 is 0. The Hall–Kier alpha value is -5.51. The van der Waals surface area contributed by atoms with Crippen molar-refractivity contribution in [2.24, 2.45) is 11.8 Å². The number of nitro benzene ring substituents is 1. The van der Waals surface area contributed by atoms with Gasteiger partial charge in [0.25, 0.3) is 21.6 Å². The first-order valence-corrected chi connectivity index (χ1v) is 21.4. The number of ether oxygens (including phenoxy) is 2. The smallest absolute Gasteiger partial charge is 0.293 e. The van der Waals surface area contributed by atoms with Crippen molar-refractivity contribution in [1.82, 2.24) is 19.6 Å². The SMILES string of the molecule is CC1(C)Cc2ccccc2CN1CC1CCN(c2ccc(C(=O)NS(=O)(=O)c3ccc(NCC4CCOCC4)c([N+](=O)[O-])c3)c(Oc3cnc4[nH]ccc4c3)c2)CC1. The number of hydrogen-bond donors (Lipinski definition) is 3. The quantitative estimate of drug-likeness (QED) is 0.0855. The second kappa shape index (κ2) is 16.4. The van der Waals surface area contributed by atoms with Crippen LogP contribution in [-0.4, -0.2) is 79.0 Å². The lowest BCUT2D eigenvalue weighted by Gasteiger charge is -2.46. The topological polar surface area (TPSA) is 172 Å². The van der Waals surface area contributed by atoms with Gasteiger partial charge in [0, 0.05) is 80.9 Å². The van der Waals surface area contributed by atoms with Gasteiger partial charge in [-0.15, -0.1) is 0 Å². The van der Waals surface area contributed by atoms with Crippen LogP contribution in [0.2, 0.25) is 0 Å². The minimum Gasteiger partial charge on any atom is -0.455 e. The van der Waals surface area contributed by atoms with Gasteiger partial charge in [-0.1, -0.05) is 24.3 Å². The maximum atomic E-state index is 13.9. The van der Waals surface area contributed by atoms with Crippen molar-refractivity contribution in [3.63, 3.8) is 0 Å². The van der Waals surface area contributed by atoms with Crippen LogP contribution in [0.5, 0.6) is 11.5 Å². The lowest BCUT2D eigenvalue weighted by Crippen LogP contribution is -2.51. The monoisotopic (exact) mass is 807 g/mol. The Morgan fingerprint density at radius 1 is 1.00 bits per heavy atom. The normalized spacial score (nSPS) is 17.8. The van der Waals surface area contributed by atoms with Crippen LogP contribution < -0.4 is 19.7 Å². The van der Waals surface area contributed by atoms with E-state index in [2.05, 4.69) is 67.9 Å². The molecule has 5 aromatic rings. The highest BCUT2D eigenvalue weighted by molar-refractivity contribution is 7.90. The number of sulfonamides is 1. The van der Waals surface area contributed by atoms with Crippen LogP contribution in [0.1, 0.15) is 61.0 Å². The molecule has 3 aliphatic rings. The number of carbonyl (C=O) groups excluding carboxylic acids is 1. The van der Waals surface area contributed by atoms with Crippen LogP contribution in [0.4, 0.5) is 17.1 Å². The van der Waals surface area contributed by atoms with E-state index in [1.807, 2.05) is 6.07 Å². The van der Waals surface area contributed by atoms with E-state index in [1.165, 1.54) is 29.5 Å². The third-order valence-corrected chi connectivity index (χ3v) is 13.2. The molecule has 0 aliphatic carbocycles. The second-order valence-corrected chi connectivity index (χ2v) is 17.9. The standard InChI is InChI=1S/C43H49N7O7S/c1-43(2)24-32-5-3-4-6-33(32)28-49(43)27-30-12-17-48(18-13-30)34-7-9-37(40(22-34)57-35-21-31-11-16-44-41(31)46-26-35)42(51)47-58(54,55)36-8-10-38(39(23-36)50(52)53)45-25-29-14-19-56-20-15-29/h3-11,16,21-23,26,29-30,45H,12-15,17-20,24-25,27-28H2,1-2H3,(H,44,46)(H,47,51).